The van der Waals surface area contributed by atoms with Gasteiger partial charge >= 0.3 is 0 Å². The fraction of sp³-hybridized carbons (Fsp3) is 0.588. The molecule has 1 amide bonds. The quantitative estimate of drug-likeness (QED) is 0.533. The van der Waals surface area contributed by atoms with Crippen LogP contribution in [-0.4, -0.2) is 38.4 Å². The van der Waals surface area contributed by atoms with Crippen LogP contribution in [0.25, 0.3) is 0 Å². The average molecular weight is 343 g/mol. The second kappa shape index (κ2) is 11.3. The molecule has 6 heteroatoms. The molecule has 1 aromatic rings. The largest absolute Gasteiger partial charge is 0.399 e. The van der Waals surface area contributed by atoms with Gasteiger partial charge in [-0.15, -0.1) is 12.4 Å². The summed E-state index contributed by atoms with van der Waals surface area (Å²) in [6, 6.07) is 7.66. The molecule has 0 spiro atoms. The van der Waals surface area contributed by atoms with E-state index >= 15 is 0 Å². The van der Waals surface area contributed by atoms with Gasteiger partial charge in [-0.2, -0.15) is 0 Å². The monoisotopic (exact) mass is 342 g/mol. The number of ether oxygens (including phenoxy) is 2. The van der Waals surface area contributed by atoms with E-state index in [-0.39, 0.29) is 24.4 Å². The molecule has 5 nitrogen and oxygen atoms in total. The summed E-state index contributed by atoms with van der Waals surface area (Å²) in [6.07, 6.45) is 4.46. The highest BCUT2D eigenvalue weighted by molar-refractivity contribution is 5.85. The van der Waals surface area contributed by atoms with Crippen molar-refractivity contribution < 1.29 is 14.3 Å². The van der Waals surface area contributed by atoms with E-state index in [1.807, 2.05) is 24.3 Å². The van der Waals surface area contributed by atoms with Gasteiger partial charge in [0.2, 0.25) is 5.91 Å². The van der Waals surface area contributed by atoms with Gasteiger partial charge in [0.05, 0.1) is 12.7 Å². The van der Waals surface area contributed by atoms with Crippen LogP contribution >= 0.6 is 12.4 Å². The van der Waals surface area contributed by atoms with Crippen molar-refractivity contribution in [2.75, 3.05) is 32.1 Å². The van der Waals surface area contributed by atoms with Crippen LogP contribution in [0.3, 0.4) is 0 Å². The van der Waals surface area contributed by atoms with Crippen LogP contribution < -0.4 is 11.1 Å². The number of benzene rings is 1. The smallest absolute Gasteiger partial charge is 0.220 e. The molecule has 1 atom stereocenters. The average Bonchev–Trinajstić information content (AvgIpc) is 3.03. The normalized spacial score (nSPS) is 16.8. The molecule has 1 aliphatic rings. The number of nitrogens with two attached hydrogens (primary N) is 1. The highest BCUT2D eigenvalue weighted by Crippen LogP contribution is 2.13. The van der Waals surface area contributed by atoms with Crippen molar-refractivity contribution in [3.05, 3.63) is 29.8 Å². The van der Waals surface area contributed by atoms with E-state index in [1.54, 1.807) is 0 Å². The summed E-state index contributed by atoms with van der Waals surface area (Å²) in [4.78, 5) is 11.8. The van der Waals surface area contributed by atoms with E-state index in [9.17, 15) is 4.79 Å². The number of anilines is 1. The molecular weight excluding hydrogens is 316 g/mol. The van der Waals surface area contributed by atoms with Crippen molar-refractivity contribution in [1.29, 1.82) is 0 Å². The third kappa shape index (κ3) is 7.68. The summed E-state index contributed by atoms with van der Waals surface area (Å²) in [5.41, 5.74) is 7.63. The summed E-state index contributed by atoms with van der Waals surface area (Å²) in [7, 11) is 0. The summed E-state index contributed by atoms with van der Waals surface area (Å²) >= 11 is 0. The van der Waals surface area contributed by atoms with Crippen LogP contribution in [0.5, 0.6) is 0 Å². The molecule has 2 rings (SSSR count). The zero-order chi connectivity index (χ0) is 15.6. The van der Waals surface area contributed by atoms with Crippen LogP contribution in [0.2, 0.25) is 0 Å². The number of nitrogen functional groups attached to an aromatic ring is 1. The zero-order valence-corrected chi connectivity index (χ0v) is 14.3. The molecule has 0 bridgehead atoms. The summed E-state index contributed by atoms with van der Waals surface area (Å²) in [6.45, 7) is 2.83. The number of amides is 1. The molecule has 1 aromatic carbocycles. The molecule has 1 aliphatic heterocycles. The fourth-order valence-corrected chi connectivity index (χ4v) is 2.49. The van der Waals surface area contributed by atoms with E-state index in [2.05, 4.69) is 5.32 Å². The van der Waals surface area contributed by atoms with Crippen molar-refractivity contribution in [3.63, 3.8) is 0 Å². The molecule has 3 N–H and O–H groups in total. The second-order valence-corrected chi connectivity index (χ2v) is 5.61. The Morgan fingerprint density at radius 3 is 2.96 bits per heavy atom. The first-order chi connectivity index (χ1) is 10.8. The van der Waals surface area contributed by atoms with Crippen molar-refractivity contribution in [2.24, 2.45) is 0 Å². The molecule has 1 fully saturated rings. The van der Waals surface area contributed by atoms with Crippen molar-refractivity contribution in [1.82, 2.24) is 5.32 Å². The number of para-hydroxylation sites is 1. The Morgan fingerprint density at radius 2 is 2.22 bits per heavy atom. The van der Waals surface area contributed by atoms with E-state index in [1.165, 1.54) is 0 Å². The molecular formula is C17H27ClN2O3. The predicted molar refractivity (Wildman–Crippen MR) is 93.8 cm³/mol. The fourth-order valence-electron chi connectivity index (χ4n) is 2.49. The Bertz CT molecular complexity index is 465. The Kier molecular flexibility index (Phi) is 9.67. The minimum atomic E-state index is 0. The molecule has 1 saturated heterocycles. The Morgan fingerprint density at radius 1 is 1.39 bits per heavy atom. The first-order valence-corrected chi connectivity index (χ1v) is 8.05. The van der Waals surface area contributed by atoms with Gasteiger partial charge in [0.15, 0.2) is 0 Å². The summed E-state index contributed by atoms with van der Waals surface area (Å²) < 4.78 is 11.0. The van der Waals surface area contributed by atoms with Crippen LogP contribution in [0.15, 0.2) is 24.3 Å². The molecule has 0 aliphatic carbocycles. The number of aryl methyl sites for hydroxylation is 1. The predicted octanol–water partition coefficient (Wildman–Crippen LogP) is 2.33. The van der Waals surface area contributed by atoms with Gasteiger partial charge < -0.3 is 20.5 Å². The van der Waals surface area contributed by atoms with Gasteiger partial charge in [-0.05, 0) is 37.3 Å². The van der Waals surface area contributed by atoms with Gasteiger partial charge in [-0.1, -0.05) is 18.2 Å². The third-order valence-corrected chi connectivity index (χ3v) is 3.79. The molecule has 1 unspecified atom stereocenters. The first-order valence-electron chi connectivity index (χ1n) is 8.05. The van der Waals surface area contributed by atoms with Gasteiger partial charge in [0.1, 0.15) is 0 Å². The van der Waals surface area contributed by atoms with E-state index in [4.69, 9.17) is 15.2 Å². The molecule has 0 aromatic heterocycles. The number of nitrogens with one attached hydrogen (secondary N) is 1. The van der Waals surface area contributed by atoms with Gasteiger partial charge in [0, 0.05) is 31.9 Å². The maximum absolute atomic E-state index is 11.8. The number of hydrogen-bond donors (Lipinski definition) is 2. The number of carbonyl (C=O) groups excluding carboxylic acids is 1. The Balaban J connectivity index is 0.00000264. The molecule has 130 valence electrons. The number of rotatable bonds is 9. The zero-order valence-electron chi connectivity index (χ0n) is 13.5. The number of carbonyl (C=O) groups is 1. The molecule has 0 radical (unpaired) electrons. The van der Waals surface area contributed by atoms with Crippen LogP contribution in [0, 0.1) is 0 Å². The van der Waals surface area contributed by atoms with Gasteiger partial charge in [-0.3, -0.25) is 4.79 Å². The summed E-state index contributed by atoms with van der Waals surface area (Å²) in [5, 5.41) is 2.91. The van der Waals surface area contributed by atoms with Crippen molar-refractivity contribution in [2.45, 2.75) is 38.2 Å². The summed E-state index contributed by atoms with van der Waals surface area (Å²) in [5.74, 6) is 0.0578. The van der Waals surface area contributed by atoms with Crippen molar-refractivity contribution >= 4 is 24.0 Å². The molecule has 1 heterocycles. The third-order valence-electron chi connectivity index (χ3n) is 3.79. The second-order valence-electron chi connectivity index (χ2n) is 5.61. The lowest BCUT2D eigenvalue weighted by atomic mass is 10.1. The topological polar surface area (TPSA) is 73.6 Å². The van der Waals surface area contributed by atoms with E-state index in [0.717, 1.165) is 37.1 Å². The Labute approximate surface area is 144 Å². The van der Waals surface area contributed by atoms with Crippen molar-refractivity contribution in [3.8, 4) is 0 Å². The lowest BCUT2D eigenvalue weighted by molar-refractivity contribution is -0.121. The maximum Gasteiger partial charge on any atom is 0.220 e. The standard InChI is InChI=1S/C17H26N2O3.ClH/c18-16-7-2-1-5-14(16)8-9-17(20)19-10-4-11-21-13-15-6-3-12-22-15;/h1-2,5,7,15H,3-4,6,8-13,18H2,(H,19,20);1H. The van der Waals surface area contributed by atoms with Gasteiger partial charge in [-0.25, -0.2) is 0 Å². The molecule has 0 saturated carbocycles. The highest BCUT2D eigenvalue weighted by Gasteiger charge is 2.14. The number of halogens is 1. The lowest BCUT2D eigenvalue weighted by Crippen LogP contribution is -2.26. The Hall–Kier alpha value is -1.30. The van der Waals surface area contributed by atoms with E-state index < -0.39 is 0 Å². The van der Waals surface area contributed by atoms with Crippen LogP contribution in [0.1, 0.15) is 31.2 Å². The maximum atomic E-state index is 11.8. The van der Waals surface area contributed by atoms with Crippen LogP contribution in [0.4, 0.5) is 5.69 Å². The first kappa shape index (κ1) is 19.7. The van der Waals surface area contributed by atoms with Crippen LogP contribution in [-0.2, 0) is 20.7 Å². The minimum Gasteiger partial charge on any atom is -0.399 e. The van der Waals surface area contributed by atoms with Gasteiger partial charge in [0.25, 0.3) is 0 Å². The lowest BCUT2D eigenvalue weighted by Gasteiger charge is -2.10. The minimum absolute atomic E-state index is 0. The number of hydrogen-bond acceptors (Lipinski definition) is 4. The highest BCUT2D eigenvalue weighted by atomic mass is 35.5. The SMILES string of the molecule is Cl.Nc1ccccc1CCC(=O)NCCCOCC1CCCO1. The molecule has 23 heavy (non-hydrogen) atoms. The van der Waals surface area contributed by atoms with E-state index in [0.29, 0.717) is 32.6 Å².